The van der Waals surface area contributed by atoms with Crippen LogP contribution in [-0.2, 0) is 11.3 Å². The van der Waals surface area contributed by atoms with E-state index in [1.165, 1.54) is 29.8 Å². The highest BCUT2D eigenvalue weighted by Gasteiger charge is 2.21. The summed E-state index contributed by atoms with van der Waals surface area (Å²) >= 11 is 5.91. The van der Waals surface area contributed by atoms with Gasteiger partial charge in [-0.3, -0.25) is 14.5 Å². The van der Waals surface area contributed by atoms with E-state index in [0.29, 0.717) is 18.7 Å². The molecule has 27 heavy (non-hydrogen) atoms. The largest absolute Gasteiger partial charge is 0.340 e. The molecule has 0 aliphatic carbocycles. The van der Waals surface area contributed by atoms with Crippen molar-refractivity contribution in [3.05, 3.63) is 70.5 Å². The quantitative estimate of drug-likeness (QED) is 0.707. The van der Waals surface area contributed by atoms with Gasteiger partial charge in [-0.1, -0.05) is 23.7 Å². The SMILES string of the molecule is O=C(CCC(=O)N1CCN(Cc2ccc(Cl)cc2)CC1)c1ccc(F)cc1. The lowest BCUT2D eigenvalue weighted by Crippen LogP contribution is -2.48. The molecule has 3 rings (SSSR count). The maximum absolute atomic E-state index is 12.9. The number of rotatable bonds is 6. The lowest BCUT2D eigenvalue weighted by atomic mass is 10.1. The fraction of sp³-hybridized carbons (Fsp3) is 0.333. The number of amides is 1. The predicted octanol–water partition coefficient (Wildman–Crippen LogP) is 3.79. The number of halogens is 2. The molecule has 0 radical (unpaired) electrons. The number of piperazine rings is 1. The predicted molar refractivity (Wildman–Crippen MR) is 103 cm³/mol. The summed E-state index contributed by atoms with van der Waals surface area (Å²) in [5, 5.41) is 0.726. The summed E-state index contributed by atoms with van der Waals surface area (Å²) in [5.74, 6) is -0.513. The highest BCUT2D eigenvalue weighted by atomic mass is 35.5. The molecular formula is C21H22ClFN2O2. The van der Waals surface area contributed by atoms with Crippen molar-refractivity contribution >= 4 is 23.3 Å². The van der Waals surface area contributed by atoms with Gasteiger partial charge in [0.25, 0.3) is 0 Å². The van der Waals surface area contributed by atoms with Crippen molar-refractivity contribution in [2.75, 3.05) is 26.2 Å². The second-order valence-corrected chi connectivity index (χ2v) is 7.15. The minimum atomic E-state index is -0.376. The third-order valence-electron chi connectivity index (χ3n) is 4.78. The van der Waals surface area contributed by atoms with Crippen LogP contribution in [0.25, 0.3) is 0 Å². The first-order valence-corrected chi connectivity index (χ1v) is 9.42. The molecule has 142 valence electrons. The topological polar surface area (TPSA) is 40.6 Å². The summed E-state index contributed by atoms with van der Waals surface area (Å²) in [6, 6.07) is 13.2. The Morgan fingerprint density at radius 2 is 1.52 bits per heavy atom. The first-order chi connectivity index (χ1) is 13.0. The average Bonchev–Trinajstić information content (AvgIpc) is 2.69. The standard InChI is InChI=1S/C21H22ClFN2O2/c22-18-5-1-16(2-6-18)15-24-11-13-25(14-12-24)21(27)10-9-20(26)17-3-7-19(23)8-4-17/h1-8H,9-15H2. The van der Waals surface area contributed by atoms with Gasteiger partial charge in [0.15, 0.2) is 5.78 Å². The molecule has 2 aromatic carbocycles. The fourth-order valence-corrected chi connectivity index (χ4v) is 3.29. The van der Waals surface area contributed by atoms with Crippen molar-refractivity contribution in [1.29, 1.82) is 0 Å². The molecule has 2 aromatic rings. The minimum Gasteiger partial charge on any atom is -0.340 e. The minimum absolute atomic E-state index is 0.00314. The molecule has 0 saturated carbocycles. The molecule has 0 spiro atoms. The van der Waals surface area contributed by atoms with Crippen LogP contribution in [0, 0.1) is 5.82 Å². The van der Waals surface area contributed by atoms with Crippen molar-refractivity contribution in [3.63, 3.8) is 0 Å². The van der Waals surface area contributed by atoms with Gasteiger partial charge in [0.2, 0.25) is 5.91 Å². The van der Waals surface area contributed by atoms with Gasteiger partial charge in [-0.05, 0) is 42.0 Å². The van der Waals surface area contributed by atoms with Crippen molar-refractivity contribution in [2.24, 2.45) is 0 Å². The van der Waals surface area contributed by atoms with E-state index in [0.717, 1.165) is 24.7 Å². The van der Waals surface area contributed by atoms with E-state index < -0.39 is 0 Å². The molecule has 0 aromatic heterocycles. The van der Waals surface area contributed by atoms with Crippen LogP contribution in [0.15, 0.2) is 48.5 Å². The molecule has 0 bridgehead atoms. The Hall–Kier alpha value is -2.24. The highest BCUT2D eigenvalue weighted by Crippen LogP contribution is 2.14. The van der Waals surface area contributed by atoms with Crippen molar-refractivity contribution in [3.8, 4) is 0 Å². The van der Waals surface area contributed by atoms with Crippen LogP contribution in [0.2, 0.25) is 5.02 Å². The maximum Gasteiger partial charge on any atom is 0.223 e. The summed E-state index contributed by atoms with van der Waals surface area (Å²) in [6.45, 7) is 3.77. The fourth-order valence-electron chi connectivity index (χ4n) is 3.16. The molecule has 0 atom stereocenters. The van der Waals surface area contributed by atoms with E-state index in [-0.39, 0.29) is 30.3 Å². The molecule has 4 nitrogen and oxygen atoms in total. The Kier molecular flexibility index (Phi) is 6.58. The van der Waals surface area contributed by atoms with E-state index in [4.69, 9.17) is 11.6 Å². The van der Waals surface area contributed by atoms with Gasteiger partial charge in [0.1, 0.15) is 5.82 Å². The molecule has 1 saturated heterocycles. The number of benzene rings is 2. The molecular weight excluding hydrogens is 367 g/mol. The number of carbonyl (C=O) groups excluding carboxylic acids is 2. The summed E-state index contributed by atoms with van der Waals surface area (Å²) in [7, 11) is 0. The second kappa shape index (κ2) is 9.11. The van der Waals surface area contributed by atoms with Gasteiger partial charge >= 0.3 is 0 Å². The van der Waals surface area contributed by atoms with E-state index in [1.807, 2.05) is 29.2 Å². The zero-order chi connectivity index (χ0) is 19.2. The number of hydrogen-bond donors (Lipinski definition) is 0. The number of carbonyl (C=O) groups is 2. The lowest BCUT2D eigenvalue weighted by Gasteiger charge is -2.34. The van der Waals surface area contributed by atoms with E-state index in [9.17, 15) is 14.0 Å². The third kappa shape index (κ3) is 5.62. The first kappa shape index (κ1) is 19.5. The first-order valence-electron chi connectivity index (χ1n) is 9.04. The van der Waals surface area contributed by atoms with Crippen molar-refractivity contribution in [2.45, 2.75) is 19.4 Å². The molecule has 6 heteroatoms. The Labute approximate surface area is 163 Å². The van der Waals surface area contributed by atoms with Gasteiger partial charge in [0.05, 0.1) is 0 Å². The molecule has 1 fully saturated rings. The normalized spacial score (nSPS) is 15.0. The summed E-state index contributed by atoms with van der Waals surface area (Å²) in [6.07, 6.45) is 0.336. The molecule has 1 amide bonds. The Morgan fingerprint density at radius 1 is 0.889 bits per heavy atom. The van der Waals surface area contributed by atoms with Crippen LogP contribution in [0.1, 0.15) is 28.8 Å². The third-order valence-corrected chi connectivity index (χ3v) is 5.03. The van der Waals surface area contributed by atoms with Crippen LogP contribution in [-0.4, -0.2) is 47.7 Å². The molecule has 0 N–H and O–H groups in total. The Morgan fingerprint density at radius 3 is 2.15 bits per heavy atom. The van der Waals surface area contributed by atoms with Crippen LogP contribution in [0.3, 0.4) is 0 Å². The monoisotopic (exact) mass is 388 g/mol. The lowest BCUT2D eigenvalue weighted by molar-refractivity contribution is -0.132. The number of Topliss-reactive ketones (excluding diaryl/α,β-unsaturated/α-hetero) is 1. The molecule has 1 aliphatic rings. The summed E-state index contributed by atoms with van der Waals surface area (Å²) < 4.78 is 12.9. The van der Waals surface area contributed by atoms with Crippen LogP contribution < -0.4 is 0 Å². The van der Waals surface area contributed by atoms with E-state index in [1.54, 1.807) is 0 Å². The molecule has 0 unspecified atom stereocenters. The Bertz CT molecular complexity index is 785. The van der Waals surface area contributed by atoms with Gasteiger partial charge < -0.3 is 4.90 Å². The molecule has 1 aliphatic heterocycles. The smallest absolute Gasteiger partial charge is 0.223 e. The second-order valence-electron chi connectivity index (χ2n) is 6.71. The molecule has 1 heterocycles. The number of hydrogen-bond acceptors (Lipinski definition) is 3. The summed E-state index contributed by atoms with van der Waals surface area (Å²) in [5.41, 5.74) is 1.64. The summed E-state index contributed by atoms with van der Waals surface area (Å²) in [4.78, 5) is 28.6. The van der Waals surface area contributed by atoms with Gasteiger partial charge in [-0.2, -0.15) is 0 Å². The average molecular weight is 389 g/mol. The van der Waals surface area contributed by atoms with Gasteiger partial charge in [-0.15, -0.1) is 0 Å². The van der Waals surface area contributed by atoms with Gasteiger partial charge in [0, 0.05) is 56.2 Å². The van der Waals surface area contributed by atoms with Crippen LogP contribution >= 0.6 is 11.6 Å². The highest BCUT2D eigenvalue weighted by molar-refractivity contribution is 6.30. The number of ketones is 1. The zero-order valence-electron chi connectivity index (χ0n) is 15.0. The van der Waals surface area contributed by atoms with Crippen LogP contribution in [0.5, 0.6) is 0 Å². The van der Waals surface area contributed by atoms with Gasteiger partial charge in [-0.25, -0.2) is 4.39 Å². The van der Waals surface area contributed by atoms with Crippen molar-refractivity contribution in [1.82, 2.24) is 9.80 Å². The zero-order valence-corrected chi connectivity index (χ0v) is 15.8. The van der Waals surface area contributed by atoms with Crippen molar-refractivity contribution < 1.29 is 14.0 Å². The van der Waals surface area contributed by atoms with E-state index >= 15 is 0 Å². The number of nitrogens with zero attached hydrogens (tertiary/aromatic N) is 2. The van der Waals surface area contributed by atoms with E-state index in [2.05, 4.69) is 4.90 Å². The Balaban J connectivity index is 1.42. The maximum atomic E-state index is 12.9. The van der Waals surface area contributed by atoms with Crippen LogP contribution in [0.4, 0.5) is 4.39 Å².